The van der Waals surface area contributed by atoms with Gasteiger partial charge in [-0.2, -0.15) is 0 Å². The van der Waals surface area contributed by atoms with Crippen LogP contribution in [-0.4, -0.2) is 27.9 Å². The minimum Gasteiger partial charge on any atom is -0.479 e. The van der Waals surface area contributed by atoms with Crippen LogP contribution in [-0.2, 0) is 15.1 Å². The number of carbonyl (C=O) groups excluding carboxylic acids is 1. The molecule has 0 aromatic heterocycles. The van der Waals surface area contributed by atoms with E-state index in [1.165, 1.54) is 19.9 Å². The van der Waals surface area contributed by atoms with Crippen LogP contribution in [0.2, 0.25) is 0 Å². The Balaban J connectivity index is 3.51. The average molecular weight is 285 g/mol. The summed E-state index contributed by atoms with van der Waals surface area (Å²) in [5.41, 5.74) is -1.76. The van der Waals surface area contributed by atoms with E-state index in [2.05, 4.69) is 0 Å². The third kappa shape index (κ3) is 2.64. The predicted octanol–water partition coefficient (Wildman–Crippen LogP) is 2.52. The van der Waals surface area contributed by atoms with Crippen LogP contribution < -0.4 is 0 Å². The first kappa shape index (κ1) is 16.1. The van der Waals surface area contributed by atoms with Crippen LogP contribution in [0.25, 0.3) is 0 Å². The minimum atomic E-state index is -1.77. The van der Waals surface area contributed by atoms with Crippen molar-refractivity contribution >= 4 is 11.9 Å². The summed E-state index contributed by atoms with van der Waals surface area (Å²) in [7, 11) is 0. The molecule has 6 heteroatoms. The first-order chi connectivity index (χ1) is 9.12. The van der Waals surface area contributed by atoms with E-state index in [9.17, 15) is 23.5 Å². The zero-order chi connectivity index (χ0) is 15.7. The molecule has 0 aliphatic carbocycles. The molecule has 110 valence electrons. The number of hydrogen-bond donors (Lipinski definition) is 1. The highest BCUT2D eigenvalue weighted by molar-refractivity contribution is 5.87. The van der Waals surface area contributed by atoms with Crippen molar-refractivity contribution in [2.75, 3.05) is 0 Å². The third-order valence-electron chi connectivity index (χ3n) is 3.24. The van der Waals surface area contributed by atoms with Gasteiger partial charge in [0.05, 0.1) is 0 Å². The summed E-state index contributed by atoms with van der Waals surface area (Å²) in [6, 6.07) is 2.42. The van der Waals surface area contributed by atoms with Crippen molar-refractivity contribution in [3.63, 3.8) is 0 Å². The number of halogens is 2. The van der Waals surface area contributed by atoms with Crippen LogP contribution in [0.15, 0.2) is 18.2 Å². The Morgan fingerprint density at radius 2 is 1.80 bits per heavy atom. The van der Waals surface area contributed by atoms with Crippen molar-refractivity contribution in [2.45, 2.75) is 39.3 Å². The van der Waals surface area contributed by atoms with Gasteiger partial charge in [0.15, 0.2) is 17.2 Å². The lowest BCUT2D eigenvalue weighted by molar-refractivity contribution is -0.160. The van der Waals surface area contributed by atoms with Gasteiger partial charge in [-0.15, -0.1) is 0 Å². The van der Waals surface area contributed by atoms with Crippen LogP contribution in [0, 0.1) is 11.6 Å². The van der Waals surface area contributed by atoms with E-state index in [1.54, 1.807) is 13.8 Å². The van der Waals surface area contributed by atoms with Crippen LogP contribution in [0.5, 0.6) is 0 Å². The topological polar surface area (TPSA) is 57.6 Å². The highest BCUT2D eigenvalue weighted by atomic mass is 19.2. The number of amides is 1. The zero-order valence-corrected chi connectivity index (χ0v) is 11.8. The number of aliphatic carboxylic acids is 1. The molecule has 1 atom stereocenters. The van der Waals surface area contributed by atoms with Gasteiger partial charge in [-0.25, -0.2) is 13.6 Å². The van der Waals surface area contributed by atoms with E-state index in [1.807, 2.05) is 0 Å². The molecule has 1 unspecified atom stereocenters. The van der Waals surface area contributed by atoms with Crippen molar-refractivity contribution in [2.24, 2.45) is 0 Å². The Morgan fingerprint density at radius 3 is 2.15 bits per heavy atom. The van der Waals surface area contributed by atoms with E-state index in [0.29, 0.717) is 0 Å². The highest BCUT2D eigenvalue weighted by Gasteiger charge is 2.44. The lowest BCUT2D eigenvalue weighted by Gasteiger charge is -2.40. The second-order valence-corrected chi connectivity index (χ2v) is 4.99. The SMILES string of the molecule is CC(=O)N(C(C)C)C(C)(C(=O)O)c1ccc(F)c(F)c1. The molecule has 20 heavy (non-hydrogen) atoms. The molecule has 1 N–H and O–H groups in total. The molecular formula is C14H17F2NO3. The number of hydrogen-bond acceptors (Lipinski definition) is 2. The number of carbonyl (C=O) groups is 2. The largest absolute Gasteiger partial charge is 0.479 e. The summed E-state index contributed by atoms with van der Waals surface area (Å²) in [5.74, 6) is -4.00. The van der Waals surface area contributed by atoms with Crippen molar-refractivity contribution in [3.05, 3.63) is 35.4 Å². The molecule has 1 aromatic rings. The fraction of sp³-hybridized carbons (Fsp3) is 0.429. The Kier molecular flexibility index (Phi) is 4.47. The first-order valence-electron chi connectivity index (χ1n) is 6.11. The fourth-order valence-electron chi connectivity index (χ4n) is 2.36. The van der Waals surface area contributed by atoms with E-state index in [0.717, 1.165) is 17.0 Å². The van der Waals surface area contributed by atoms with Gasteiger partial charge in [0.2, 0.25) is 5.91 Å². The Labute approximate surface area is 116 Å². The molecule has 0 aliphatic rings. The molecule has 0 saturated heterocycles. The molecule has 1 amide bonds. The quantitative estimate of drug-likeness (QED) is 0.924. The van der Waals surface area contributed by atoms with Gasteiger partial charge in [-0.1, -0.05) is 6.07 Å². The number of carboxylic acid groups (broad SMARTS) is 1. The van der Waals surface area contributed by atoms with Crippen LogP contribution in [0.3, 0.4) is 0 Å². The second-order valence-electron chi connectivity index (χ2n) is 4.99. The van der Waals surface area contributed by atoms with Crippen LogP contribution in [0.4, 0.5) is 8.78 Å². The molecule has 0 spiro atoms. The minimum absolute atomic E-state index is 0.00722. The molecule has 0 fully saturated rings. The van der Waals surface area contributed by atoms with Gasteiger partial charge < -0.3 is 10.0 Å². The standard InChI is InChI=1S/C14H17F2NO3/c1-8(2)17(9(3)18)14(4,13(19)20)10-5-6-11(15)12(16)7-10/h5-8H,1-4H3,(H,19,20). The Morgan fingerprint density at radius 1 is 1.25 bits per heavy atom. The molecule has 0 bridgehead atoms. The van der Waals surface area contributed by atoms with Gasteiger partial charge >= 0.3 is 5.97 Å². The second kappa shape index (κ2) is 5.56. The third-order valence-corrected chi connectivity index (χ3v) is 3.24. The molecule has 0 radical (unpaired) electrons. The number of nitrogens with zero attached hydrogens (tertiary/aromatic N) is 1. The Hall–Kier alpha value is -1.98. The Bertz CT molecular complexity index is 545. The smallest absolute Gasteiger partial charge is 0.334 e. The summed E-state index contributed by atoms with van der Waals surface area (Å²) in [5, 5.41) is 9.50. The van der Waals surface area contributed by atoms with E-state index >= 15 is 0 Å². The van der Waals surface area contributed by atoms with Crippen LogP contribution >= 0.6 is 0 Å². The number of carboxylic acids is 1. The van der Waals surface area contributed by atoms with Gasteiger partial charge in [0.1, 0.15) is 0 Å². The summed E-state index contributed by atoms with van der Waals surface area (Å²) in [6.07, 6.45) is 0. The average Bonchev–Trinajstić information content (AvgIpc) is 2.31. The molecule has 1 rings (SSSR count). The number of rotatable bonds is 4. The lowest BCUT2D eigenvalue weighted by atomic mass is 9.88. The lowest BCUT2D eigenvalue weighted by Crippen LogP contribution is -2.55. The monoisotopic (exact) mass is 285 g/mol. The normalized spacial score (nSPS) is 13.9. The van der Waals surface area contributed by atoms with Crippen LogP contribution in [0.1, 0.15) is 33.3 Å². The summed E-state index contributed by atoms with van der Waals surface area (Å²) >= 11 is 0. The van der Waals surface area contributed by atoms with Crippen molar-refractivity contribution in [1.29, 1.82) is 0 Å². The van der Waals surface area contributed by atoms with E-state index < -0.39 is 35.1 Å². The van der Waals surface area contributed by atoms with E-state index in [-0.39, 0.29) is 5.56 Å². The molecular weight excluding hydrogens is 268 g/mol. The molecule has 1 aromatic carbocycles. The summed E-state index contributed by atoms with van der Waals surface area (Å²) in [6.45, 7) is 5.84. The van der Waals surface area contributed by atoms with Crippen molar-refractivity contribution in [1.82, 2.24) is 4.90 Å². The summed E-state index contributed by atoms with van der Waals surface area (Å²) in [4.78, 5) is 24.5. The molecule has 4 nitrogen and oxygen atoms in total. The maximum Gasteiger partial charge on any atom is 0.334 e. The van der Waals surface area contributed by atoms with Gasteiger partial charge in [-0.05, 0) is 38.5 Å². The zero-order valence-electron chi connectivity index (χ0n) is 11.8. The fourth-order valence-corrected chi connectivity index (χ4v) is 2.36. The first-order valence-corrected chi connectivity index (χ1v) is 6.11. The molecule has 0 heterocycles. The molecule has 0 saturated carbocycles. The highest BCUT2D eigenvalue weighted by Crippen LogP contribution is 2.31. The maximum absolute atomic E-state index is 13.4. The predicted molar refractivity (Wildman–Crippen MR) is 69.0 cm³/mol. The van der Waals surface area contributed by atoms with Crippen molar-refractivity contribution in [3.8, 4) is 0 Å². The summed E-state index contributed by atoms with van der Waals surface area (Å²) < 4.78 is 26.4. The maximum atomic E-state index is 13.4. The van der Waals surface area contributed by atoms with Crippen molar-refractivity contribution < 1.29 is 23.5 Å². The van der Waals surface area contributed by atoms with Gasteiger partial charge in [0.25, 0.3) is 0 Å². The van der Waals surface area contributed by atoms with Gasteiger partial charge in [-0.3, -0.25) is 4.79 Å². The van der Waals surface area contributed by atoms with E-state index in [4.69, 9.17) is 0 Å². The molecule has 0 aliphatic heterocycles. The van der Waals surface area contributed by atoms with Gasteiger partial charge in [0, 0.05) is 13.0 Å². The number of benzene rings is 1.